The van der Waals surface area contributed by atoms with E-state index in [1.807, 2.05) is 41.7 Å². The number of benzene rings is 2. The summed E-state index contributed by atoms with van der Waals surface area (Å²) in [6.07, 6.45) is -7.13. The molecule has 7 atom stereocenters. The highest BCUT2D eigenvalue weighted by molar-refractivity contribution is 6.10. The van der Waals surface area contributed by atoms with Crippen molar-refractivity contribution in [3.63, 3.8) is 0 Å². The Morgan fingerprint density at radius 1 is 0.745 bits per heavy atom. The predicted octanol–water partition coefficient (Wildman–Crippen LogP) is -2.07. The van der Waals surface area contributed by atoms with Crippen LogP contribution in [-0.2, 0) is 30.5 Å². The van der Waals surface area contributed by atoms with Gasteiger partial charge >= 0.3 is 0 Å². The van der Waals surface area contributed by atoms with Crippen LogP contribution in [0.1, 0.15) is 46.5 Å². The molecule has 0 aliphatic rings. The third kappa shape index (κ3) is 12.1. The Hall–Kier alpha value is -4.69. The van der Waals surface area contributed by atoms with Crippen LogP contribution in [0, 0.1) is 5.92 Å². The molecule has 3 rings (SSSR count). The lowest BCUT2D eigenvalue weighted by atomic mass is 10.0. The fourth-order valence-corrected chi connectivity index (χ4v) is 6.10. The van der Waals surface area contributed by atoms with E-state index in [1.165, 1.54) is 0 Å². The summed E-state index contributed by atoms with van der Waals surface area (Å²) in [5, 5.41) is 72.4. The molecule has 18 nitrogen and oxygen atoms in total. The molecule has 3 aromatic rings. The van der Waals surface area contributed by atoms with Gasteiger partial charge in [0.05, 0.1) is 19.8 Å². The van der Waals surface area contributed by atoms with E-state index in [1.54, 1.807) is 19.9 Å². The van der Waals surface area contributed by atoms with Gasteiger partial charge in [0, 0.05) is 34.0 Å². The number of carbonyl (C=O) groups is 5. The fraction of sp³-hybridized carbons (Fsp3) is 0.541. The lowest BCUT2D eigenvalue weighted by molar-refractivity contribution is -0.151. The molecule has 1 heterocycles. The number of nitrogens with zero attached hydrogens (tertiary/aromatic N) is 1. The summed E-state index contributed by atoms with van der Waals surface area (Å²) < 4.78 is 2.18. The number of rotatable bonds is 22. The van der Waals surface area contributed by atoms with Crippen molar-refractivity contribution in [3.8, 4) is 0 Å². The van der Waals surface area contributed by atoms with Crippen LogP contribution in [0.15, 0.2) is 42.5 Å². The maximum Gasteiger partial charge on any atom is 0.252 e. The zero-order valence-corrected chi connectivity index (χ0v) is 31.3. The average molecular weight is 774 g/mol. The highest BCUT2D eigenvalue weighted by atomic mass is 16.4. The van der Waals surface area contributed by atoms with Crippen LogP contribution in [0.2, 0.25) is 0 Å². The summed E-state index contributed by atoms with van der Waals surface area (Å²) in [6, 6.07) is 9.64. The number of anilines is 1. The number of aliphatic hydroxyl groups excluding tert-OH is 6. The predicted molar refractivity (Wildman–Crippen MR) is 203 cm³/mol. The number of unbranched alkanes of at least 4 members (excludes halogenated alkanes) is 1. The minimum atomic E-state index is -2.37. The second-order valence-electron chi connectivity index (χ2n) is 13.7. The first-order chi connectivity index (χ1) is 26.2. The molecule has 13 N–H and O–H groups in total. The number of nitrogens with two attached hydrogens (primary N) is 1. The van der Waals surface area contributed by atoms with Crippen molar-refractivity contribution < 1.29 is 54.6 Å². The smallest absolute Gasteiger partial charge is 0.252 e. The minimum Gasteiger partial charge on any atom is -0.394 e. The van der Waals surface area contributed by atoms with Crippen LogP contribution in [-0.4, -0.2) is 134 Å². The zero-order valence-electron chi connectivity index (χ0n) is 31.3. The molecular formula is C37H55N7O11. The summed E-state index contributed by atoms with van der Waals surface area (Å²) in [6.45, 7) is 4.20. The maximum atomic E-state index is 13.5. The number of aromatic nitrogens is 1. The van der Waals surface area contributed by atoms with Gasteiger partial charge in [0.25, 0.3) is 5.91 Å². The Labute approximate surface area is 318 Å². The van der Waals surface area contributed by atoms with E-state index in [-0.39, 0.29) is 18.8 Å². The number of carbonyl (C=O) groups excluding carboxylic acids is 5. The lowest BCUT2D eigenvalue weighted by Gasteiger charge is -2.27. The van der Waals surface area contributed by atoms with Crippen LogP contribution in [0.5, 0.6) is 0 Å². The second-order valence-corrected chi connectivity index (χ2v) is 13.7. The van der Waals surface area contributed by atoms with Crippen molar-refractivity contribution in [2.24, 2.45) is 11.7 Å². The Morgan fingerprint density at radius 3 is 2.05 bits per heavy atom. The van der Waals surface area contributed by atoms with Crippen molar-refractivity contribution in [1.29, 1.82) is 0 Å². The Morgan fingerprint density at radius 2 is 1.42 bits per heavy atom. The fourth-order valence-electron chi connectivity index (χ4n) is 6.10. The number of para-hydroxylation sites is 1. The van der Waals surface area contributed by atoms with Crippen LogP contribution in [0.3, 0.4) is 0 Å². The van der Waals surface area contributed by atoms with Gasteiger partial charge in [0.1, 0.15) is 36.4 Å². The van der Waals surface area contributed by atoms with Gasteiger partial charge in [-0.2, -0.15) is 0 Å². The van der Waals surface area contributed by atoms with Crippen LogP contribution in [0.25, 0.3) is 21.8 Å². The maximum absolute atomic E-state index is 13.5. The number of amides is 5. The van der Waals surface area contributed by atoms with Crippen molar-refractivity contribution >= 4 is 57.0 Å². The summed E-state index contributed by atoms with van der Waals surface area (Å²) in [5.74, 6) is -4.53. The molecule has 0 aliphatic carbocycles. The van der Waals surface area contributed by atoms with Gasteiger partial charge in [-0.3, -0.25) is 24.0 Å². The van der Waals surface area contributed by atoms with Crippen molar-refractivity contribution in [2.75, 3.05) is 31.6 Å². The lowest BCUT2D eigenvalue weighted by Crippen LogP contribution is -2.59. The minimum absolute atomic E-state index is 0.0727. The van der Waals surface area contributed by atoms with E-state index >= 15 is 0 Å². The number of aliphatic hydroxyl groups is 6. The molecule has 304 valence electrons. The summed E-state index contributed by atoms with van der Waals surface area (Å²) >= 11 is 0. The quantitative estimate of drug-likeness (QED) is 0.0491. The van der Waals surface area contributed by atoms with Crippen molar-refractivity contribution in [1.82, 2.24) is 25.8 Å². The second kappa shape index (κ2) is 21.4. The monoisotopic (exact) mass is 773 g/mol. The highest BCUT2D eigenvalue weighted by Gasteiger charge is 2.36. The largest absolute Gasteiger partial charge is 0.394 e. The van der Waals surface area contributed by atoms with Gasteiger partial charge < -0.3 is 67.5 Å². The Balaban J connectivity index is 1.65. The summed E-state index contributed by atoms with van der Waals surface area (Å²) in [4.78, 5) is 65.3. The van der Waals surface area contributed by atoms with E-state index in [0.29, 0.717) is 25.1 Å². The van der Waals surface area contributed by atoms with Gasteiger partial charge in [-0.05, 0) is 69.3 Å². The molecule has 0 spiro atoms. The molecule has 0 radical (unpaired) electrons. The van der Waals surface area contributed by atoms with Gasteiger partial charge in [-0.15, -0.1) is 0 Å². The molecule has 0 saturated carbocycles. The molecule has 1 aromatic heterocycles. The van der Waals surface area contributed by atoms with Crippen LogP contribution >= 0.6 is 0 Å². The number of fused-ring (bicyclic) bond motifs is 3. The molecule has 55 heavy (non-hydrogen) atoms. The molecule has 4 unspecified atom stereocenters. The average Bonchev–Trinajstić information content (AvgIpc) is 3.49. The third-order valence-corrected chi connectivity index (χ3v) is 9.06. The molecule has 0 saturated heterocycles. The van der Waals surface area contributed by atoms with Crippen LogP contribution < -0.4 is 32.3 Å². The van der Waals surface area contributed by atoms with Gasteiger partial charge in [-0.25, -0.2) is 0 Å². The first-order valence-corrected chi connectivity index (χ1v) is 18.3. The number of aryl methyl sites for hydroxylation is 1. The van der Waals surface area contributed by atoms with Crippen molar-refractivity contribution in [2.45, 2.75) is 95.5 Å². The normalized spacial score (nSPS) is 15.4. The summed E-state index contributed by atoms with van der Waals surface area (Å²) in [7, 11) is 0. The molecule has 0 bridgehead atoms. The molecule has 2 aromatic carbocycles. The number of hydrogen-bond acceptors (Lipinski definition) is 12. The standard InChI is InChI=1S/C37H55N7O11/c1-4-44-27-11-6-5-9-22(27)23-16-21(12-13-28(23)44)40-35(53)24(10-7-8-14-38)41-30(48)17-39-34(52)25(15-20(2)3)42-36(54)26(18-45)43-37(55)33(51)32(50)31(49)29(47)19-46/h5-6,9,11-13,16,20,24-26,29,31-33,45-47,49-51H,4,7-8,10,14-15,17-19,38H2,1-3H3,(H,39,52)(H,40,53)(H,41,48)(H,42,54)(H,43,55)/t24-,25-,26-,29?,31?,32?,33?/m0/s1. The first-order valence-electron chi connectivity index (χ1n) is 18.3. The van der Waals surface area contributed by atoms with Gasteiger partial charge in [-0.1, -0.05) is 32.0 Å². The van der Waals surface area contributed by atoms with Crippen molar-refractivity contribution in [3.05, 3.63) is 42.5 Å². The van der Waals surface area contributed by atoms with E-state index in [4.69, 9.17) is 10.8 Å². The van der Waals surface area contributed by atoms with Gasteiger partial charge in [0.2, 0.25) is 23.6 Å². The topological polar surface area (TPSA) is 298 Å². The molecule has 0 aliphatic heterocycles. The molecular weight excluding hydrogens is 718 g/mol. The number of nitrogens with one attached hydrogen (secondary N) is 5. The van der Waals surface area contributed by atoms with E-state index in [0.717, 1.165) is 28.4 Å². The molecule has 0 fully saturated rings. The molecule has 5 amide bonds. The third-order valence-electron chi connectivity index (χ3n) is 9.06. The van der Waals surface area contributed by atoms with Gasteiger partial charge in [0.15, 0.2) is 6.10 Å². The first kappa shape index (κ1) is 44.7. The Bertz CT molecular complexity index is 1770. The number of hydrogen-bond donors (Lipinski definition) is 12. The summed E-state index contributed by atoms with van der Waals surface area (Å²) in [5.41, 5.74) is 8.28. The van der Waals surface area contributed by atoms with E-state index < -0.39 is 91.8 Å². The molecule has 18 heteroatoms. The SMILES string of the molecule is CCn1c2ccccc2c2cc(NC(=O)[C@H](CCCCN)NC(=O)CNC(=O)[C@H](CC(C)C)NC(=O)[C@H](CO)NC(=O)C(O)C(O)C(O)C(O)CO)ccc21. The Kier molecular flexibility index (Phi) is 17.4. The van der Waals surface area contributed by atoms with Crippen LogP contribution in [0.4, 0.5) is 5.69 Å². The van der Waals surface area contributed by atoms with E-state index in [2.05, 4.69) is 32.8 Å². The van der Waals surface area contributed by atoms with E-state index in [9.17, 15) is 49.5 Å². The zero-order chi connectivity index (χ0) is 40.8. The highest BCUT2D eigenvalue weighted by Crippen LogP contribution is 2.31.